The first kappa shape index (κ1) is 16.8. The van der Waals surface area contributed by atoms with Crippen LogP contribution in [0.2, 0.25) is 0 Å². The number of rotatable bonds is 6. The summed E-state index contributed by atoms with van der Waals surface area (Å²) < 4.78 is 11.2. The Morgan fingerprint density at radius 1 is 1.04 bits per heavy atom. The predicted molar refractivity (Wildman–Crippen MR) is 100 cm³/mol. The summed E-state index contributed by atoms with van der Waals surface area (Å²) in [6.45, 7) is 1.93. The lowest BCUT2D eigenvalue weighted by atomic mass is 10.1. The van der Waals surface area contributed by atoms with Gasteiger partial charge >= 0.3 is 0 Å². The van der Waals surface area contributed by atoms with Gasteiger partial charge in [0.15, 0.2) is 6.10 Å². The maximum absolute atomic E-state index is 12.6. The first-order valence-electron chi connectivity index (χ1n) is 8.30. The van der Waals surface area contributed by atoms with Crippen LogP contribution in [0.15, 0.2) is 66.7 Å². The minimum absolute atomic E-state index is 0.177. The maximum atomic E-state index is 12.6. The molecule has 1 atom stereocenters. The number of benzene rings is 3. The Labute approximate surface area is 147 Å². The van der Waals surface area contributed by atoms with E-state index in [0.29, 0.717) is 23.6 Å². The van der Waals surface area contributed by atoms with Crippen LogP contribution in [0.3, 0.4) is 0 Å². The van der Waals surface area contributed by atoms with Crippen molar-refractivity contribution in [3.8, 4) is 11.5 Å². The molecule has 0 heterocycles. The van der Waals surface area contributed by atoms with Crippen molar-refractivity contribution in [2.45, 2.75) is 19.4 Å². The van der Waals surface area contributed by atoms with Gasteiger partial charge in [-0.15, -0.1) is 0 Å². The molecule has 0 saturated heterocycles. The number of ether oxygens (including phenoxy) is 2. The van der Waals surface area contributed by atoms with Crippen molar-refractivity contribution in [1.82, 2.24) is 0 Å². The van der Waals surface area contributed by atoms with Gasteiger partial charge in [0.25, 0.3) is 5.91 Å². The number of carbonyl (C=O) groups excluding carboxylic acids is 1. The number of anilines is 1. The number of carbonyl (C=O) groups is 1. The minimum Gasteiger partial charge on any atom is -0.497 e. The quantitative estimate of drug-likeness (QED) is 0.713. The first-order chi connectivity index (χ1) is 12.2. The Morgan fingerprint density at radius 2 is 1.80 bits per heavy atom. The fourth-order valence-electron chi connectivity index (χ4n) is 2.70. The molecule has 1 amide bonds. The molecular formula is C21H21NO3. The average molecular weight is 335 g/mol. The number of hydrogen-bond acceptors (Lipinski definition) is 3. The number of amides is 1. The first-order valence-corrected chi connectivity index (χ1v) is 8.30. The average Bonchev–Trinajstić information content (AvgIpc) is 2.66. The molecule has 0 saturated carbocycles. The lowest BCUT2D eigenvalue weighted by molar-refractivity contribution is -0.122. The smallest absolute Gasteiger partial charge is 0.265 e. The van der Waals surface area contributed by atoms with Crippen LogP contribution < -0.4 is 14.8 Å². The van der Waals surface area contributed by atoms with Crippen molar-refractivity contribution < 1.29 is 14.3 Å². The van der Waals surface area contributed by atoms with Crippen LogP contribution in [0.5, 0.6) is 11.5 Å². The van der Waals surface area contributed by atoms with Crippen LogP contribution >= 0.6 is 0 Å². The Hall–Kier alpha value is -3.01. The third-order valence-corrected chi connectivity index (χ3v) is 4.02. The van der Waals surface area contributed by atoms with Gasteiger partial charge in [-0.1, -0.05) is 49.4 Å². The van der Waals surface area contributed by atoms with E-state index in [-0.39, 0.29) is 5.91 Å². The van der Waals surface area contributed by atoms with Gasteiger partial charge in [-0.25, -0.2) is 0 Å². The van der Waals surface area contributed by atoms with Gasteiger partial charge < -0.3 is 14.8 Å². The van der Waals surface area contributed by atoms with Crippen LogP contribution in [0.1, 0.15) is 13.3 Å². The Bertz CT molecular complexity index is 870. The van der Waals surface area contributed by atoms with Crippen LogP contribution in [0, 0.1) is 0 Å². The highest BCUT2D eigenvalue weighted by molar-refractivity contribution is 5.95. The molecule has 4 heteroatoms. The van der Waals surface area contributed by atoms with Crippen LogP contribution in [-0.4, -0.2) is 19.1 Å². The molecule has 0 aliphatic rings. The van der Waals surface area contributed by atoms with E-state index < -0.39 is 6.10 Å². The zero-order valence-electron chi connectivity index (χ0n) is 14.4. The molecule has 0 aliphatic heterocycles. The van der Waals surface area contributed by atoms with Crippen LogP contribution in [-0.2, 0) is 4.79 Å². The molecule has 0 radical (unpaired) electrons. The van der Waals surface area contributed by atoms with E-state index in [9.17, 15) is 4.79 Å². The zero-order chi connectivity index (χ0) is 17.6. The van der Waals surface area contributed by atoms with Gasteiger partial charge in [-0.3, -0.25) is 4.79 Å². The largest absolute Gasteiger partial charge is 0.497 e. The maximum Gasteiger partial charge on any atom is 0.265 e. The van der Waals surface area contributed by atoms with Crippen molar-refractivity contribution in [3.63, 3.8) is 0 Å². The molecule has 0 unspecified atom stereocenters. The second kappa shape index (κ2) is 7.71. The van der Waals surface area contributed by atoms with Gasteiger partial charge in [0.2, 0.25) is 0 Å². The van der Waals surface area contributed by atoms with Crippen molar-refractivity contribution in [3.05, 3.63) is 66.7 Å². The van der Waals surface area contributed by atoms with Gasteiger partial charge in [-0.2, -0.15) is 0 Å². The summed E-state index contributed by atoms with van der Waals surface area (Å²) in [5.41, 5.74) is 0.685. The zero-order valence-corrected chi connectivity index (χ0v) is 14.4. The summed E-state index contributed by atoms with van der Waals surface area (Å²) in [6, 6.07) is 21.1. The second-order valence-corrected chi connectivity index (χ2v) is 5.71. The Morgan fingerprint density at radius 3 is 2.60 bits per heavy atom. The van der Waals surface area contributed by atoms with Crippen molar-refractivity contribution in [2.75, 3.05) is 12.4 Å². The van der Waals surface area contributed by atoms with Crippen molar-refractivity contribution in [2.24, 2.45) is 0 Å². The van der Waals surface area contributed by atoms with E-state index in [1.54, 1.807) is 13.2 Å². The SMILES string of the molecule is CC[C@@H](Oc1cccc2ccccc12)C(=O)Nc1cccc(OC)c1. The summed E-state index contributed by atoms with van der Waals surface area (Å²) in [5, 5.41) is 4.98. The molecule has 3 rings (SSSR count). The summed E-state index contributed by atoms with van der Waals surface area (Å²) in [6.07, 6.45) is -0.00374. The summed E-state index contributed by atoms with van der Waals surface area (Å²) in [4.78, 5) is 12.6. The van der Waals surface area contributed by atoms with E-state index in [2.05, 4.69) is 5.32 Å². The van der Waals surface area contributed by atoms with Crippen molar-refractivity contribution >= 4 is 22.4 Å². The standard InChI is InChI=1S/C21H21NO3/c1-3-19(21(23)22-16-10-7-11-17(14-16)24-2)25-20-13-6-9-15-8-4-5-12-18(15)20/h4-14,19H,3H2,1-2H3,(H,22,23)/t19-/m1/s1. The highest BCUT2D eigenvalue weighted by atomic mass is 16.5. The molecule has 0 spiro atoms. The Balaban J connectivity index is 1.78. The number of nitrogens with one attached hydrogen (secondary N) is 1. The Kier molecular flexibility index (Phi) is 5.19. The molecule has 128 valence electrons. The molecular weight excluding hydrogens is 314 g/mol. The third-order valence-electron chi connectivity index (χ3n) is 4.02. The molecule has 0 aromatic heterocycles. The highest BCUT2D eigenvalue weighted by Gasteiger charge is 2.19. The third kappa shape index (κ3) is 3.91. The normalized spacial score (nSPS) is 11.8. The number of methoxy groups -OCH3 is 1. The summed E-state index contributed by atoms with van der Waals surface area (Å²) in [5.74, 6) is 1.23. The lowest BCUT2D eigenvalue weighted by Crippen LogP contribution is -2.32. The van der Waals surface area contributed by atoms with E-state index in [1.807, 2.05) is 67.6 Å². The second-order valence-electron chi connectivity index (χ2n) is 5.71. The number of fused-ring (bicyclic) bond motifs is 1. The summed E-state index contributed by atoms with van der Waals surface area (Å²) >= 11 is 0. The molecule has 0 aliphatic carbocycles. The van der Waals surface area contributed by atoms with Gasteiger partial charge in [0, 0.05) is 17.1 Å². The fourth-order valence-corrected chi connectivity index (χ4v) is 2.70. The molecule has 3 aromatic carbocycles. The molecule has 25 heavy (non-hydrogen) atoms. The highest BCUT2D eigenvalue weighted by Crippen LogP contribution is 2.27. The van der Waals surface area contributed by atoms with E-state index >= 15 is 0 Å². The predicted octanol–water partition coefficient (Wildman–Crippen LogP) is 4.64. The number of hydrogen-bond donors (Lipinski definition) is 1. The summed E-state index contributed by atoms with van der Waals surface area (Å²) in [7, 11) is 1.60. The molecule has 0 bridgehead atoms. The lowest BCUT2D eigenvalue weighted by Gasteiger charge is -2.18. The molecule has 0 fully saturated rings. The van der Waals surface area contributed by atoms with Crippen molar-refractivity contribution in [1.29, 1.82) is 0 Å². The monoisotopic (exact) mass is 335 g/mol. The minimum atomic E-state index is -0.572. The van der Waals surface area contributed by atoms with E-state index in [4.69, 9.17) is 9.47 Å². The van der Waals surface area contributed by atoms with E-state index in [0.717, 1.165) is 10.8 Å². The molecule has 3 aromatic rings. The van der Waals surface area contributed by atoms with Gasteiger partial charge in [0.05, 0.1) is 7.11 Å². The van der Waals surface area contributed by atoms with Gasteiger partial charge in [0.1, 0.15) is 11.5 Å². The molecule has 1 N–H and O–H groups in total. The van der Waals surface area contributed by atoms with Gasteiger partial charge in [-0.05, 0) is 30.0 Å². The van der Waals surface area contributed by atoms with E-state index in [1.165, 1.54) is 0 Å². The van der Waals surface area contributed by atoms with Crippen LogP contribution in [0.25, 0.3) is 10.8 Å². The topological polar surface area (TPSA) is 47.6 Å². The van der Waals surface area contributed by atoms with Crippen LogP contribution in [0.4, 0.5) is 5.69 Å². The molecule has 4 nitrogen and oxygen atoms in total. The fraction of sp³-hybridized carbons (Fsp3) is 0.190.